The molecule has 15 rings (SSSR count). The molecule has 0 amide bonds. The van der Waals surface area contributed by atoms with Crippen molar-refractivity contribution in [1.29, 1.82) is 0 Å². The van der Waals surface area contributed by atoms with Gasteiger partial charge in [0.25, 0.3) is 0 Å². The summed E-state index contributed by atoms with van der Waals surface area (Å²) in [5, 5.41) is 0. The van der Waals surface area contributed by atoms with Crippen LogP contribution >= 0.6 is 0 Å². The Kier molecular flexibility index (Phi) is 12.1. The van der Waals surface area contributed by atoms with Crippen LogP contribution in [0.3, 0.4) is 0 Å². The number of anilines is 2. The summed E-state index contributed by atoms with van der Waals surface area (Å²) in [7, 11) is 0. The predicted molar refractivity (Wildman–Crippen MR) is 361 cm³/mol. The van der Waals surface area contributed by atoms with Crippen LogP contribution in [0.5, 0.6) is 23.0 Å². The maximum absolute atomic E-state index is 7.23. The Hall–Kier alpha value is -8.92. The number of hydrogen-bond donors (Lipinski definition) is 0. The highest BCUT2D eigenvalue weighted by molar-refractivity contribution is 5.93. The van der Waals surface area contributed by atoms with Crippen molar-refractivity contribution in [3.8, 4) is 56.4 Å². The number of benzene rings is 10. The van der Waals surface area contributed by atoms with E-state index >= 15 is 0 Å². The van der Waals surface area contributed by atoms with Crippen LogP contribution in [0, 0.1) is 0 Å². The van der Waals surface area contributed by atoms with Gasteiger partial charge in [0.05, 0.1) is 16.5 Å². The molecule has 2 spiro atoms. The van der Waals surface area contributed by atoms with Crippen LogP contribution in [-0.2, 0) is 32.5 Å². The molecule has 0 radical (unpaired) electrons. The van der Waals surface area contributed by atoms with Crippen LogP contribution in [0.2, 0.25) is 0 Å². The Balaban J connectivity index is 0.986. The van der Waals surface area contributed by atoms with Crippen molar-refractivity contribution in [2.24, 2.45) is 0 Å². The minimum absolute atomic E-state index is 0.0703. The third-order valence-electron chi connectivity index (χ3n) is 19.8. The van der Waals surface area contributed by atoms with Gasteiger partial charge in [-0.05, 0) is 161 Å². The van der Waals surface area contributed by atoms with Crippen molar-refractivity contribution in [3.05, 3.63) is 309 Å². The SMILES string of the molecule is CC(C)(C)c1ccc2c(c1)C1(c3ccccc3Oc3ccc(C4CC=CC=C4N(c4ccc5c(c4)C4(c6ccccc6O5)c5cc(C(C)(C)C)ccc5-c5ccc(C(C)(C)C)cc54)c4ccccc4-c4ccccc4)cc31)c1cc(C(C)(C)C)ccc1-2. The number of rotatable bonds is 5. The lowest BCUT2D eigenvalue weighted by Crippen LogP contribution is -2.34. The molecule has 10 aromatic carbocycles. The summed E-state index contributed by atoms with van der Waals surface area (Å²) >= 11 is 0. The Morgan fingerprint density at radius 2 is 0.770 bits per heavy atom. The van der Waals surface area contributed by atoms with Gasteiger partial charge in [-0.2, -0.15) is 0 Å². The topological polar surface area (TPSA) is 21.7 Å². The van der Waals surface area contributed by atoms with Crippen LogP contribution in [0.4, 0.5) is 11.4 Å². The minimum Gasteiger partial charge on any atom is -0.457 e. The summed E-state index contributed by atoms with van der Waals surface area (Å²) in [6.07, 6.45) is 7.82. The van der Waals surface area contributed by atoms with E-state index in [0.717, 1.165) is 63.0 Å². The lowest BCUT2D eigenvalue weighted by Gasteiger charge is -2.42. The summed E-state index contributed by atoms with van der Waals surface area (Å²) in [6, 6.07) is 80.9. The predicted octanol–water partition coefficient (Wildman–Crippen LogP) is 22.2. The second-order valence-electron chi connectivity index (χ2n) is 29.2. The van der Waals surface area contributed by atoms with Gasteiger partial charge in [0.2, 0.25) is 0 Å². The van der Waals surface area contributed by atoms with Gasteiger partial charge in [0.15, 0.2) is 0 Å². The third kappa shape index (κ3) is 8.28. The highest BCUT2D eigenvalue weighted by atomic mass is 16.5. The standard InChI is InChI=1S/C84H77NO2/c1-79(2,3)54-35-40-61-62-41-36-55(80(4,5)6)48-68(62)83(67(61)47-54)65-28-18-22-32-75(65)86-77-44-34-53(46-71(77)83)60-27-17-21-31-74(60)85(73-30-20-16-26-59(73)52-24-14-13-15-25-52)58-39-45-78-72(51-58)84(66-29-19-23-33-76(66)87-78)69-49-56(81(7,8)9)37-42-63(69)64-43-38-57(50-70(64)84)82(10,11)12/h13-26,28-51,60H,27H2,1-12H3. The lowest BCUT2D eigenvalue weighted by atomic mass is 9.64. The monoisotopic (exact) mass is 1130 g/mol. The van der Waals surface area contributed by atoms with Crippen molar-refractivity contribution in [3.63, 3.8) is 0 Å². The van der Waals surface area contributed by atoms with Gasteiger partial charge in [0, 0.05) is 45.1 Å². The van der Waals surface area contributed by atoms with E-state index in [0.29, 0.717) is 0 Å². The average Bonchev–Trinajstić information content (AvgIpc) is 1.58. The van der Waals surface area contributed by atoms with Gasteiger partial charge in [-0.25, -0.2) is 0 Å². The normalized spacial score (nSPS) is 16.3. The summed E-state index contributed by atoms with van der Waals surface area (Å²) in [5.41, 5.74) is 25.4. The highest BCUT2D eigenvalue weighted by Crippen LogP contribution is 2.66. The third-order valence-corrected chi connectivity index (χ3v) is 19.8. The number of nitrogens with zero attached hydrogens (tertiary/aromatic N) is 1. The zero-order valence-electron chi connectivity index (χ0n) is 52.5. The van der Waals surface area contributed by atoms with E-state index in [1.165, 1.54) is 89.1 Å². The van der Waals surface area contributed by atoms with Crippen molar-refractivity contribution in [2.45, 2.75) is 128 Å². The van der Waals surface area contributed by atoms with Crippen molar-refractivity contribution in [2.75, 3.05) is 4.90 Å². The Morgan fingerprint density at radius 3 is 1.25 bits per heavy atom. The van der Waals surface area contributed by atoms with Crippen molar-refractivity contribution in [1.82, 2.24) is 0 Å². The lowest BCUT2D eigenvalue weighted by molar-refractivity contribution is 0.435. The molecule has 430 valence electrons. The largest absolute Gasteiger partial charge is 0.457 e. The number of allylic oxidation sites excluding steroid dienone is 4. The maximum Gasteiger partial charge on any atom is 0.132 e. The Morgan fingerprint density at radius 1 is 0.356 bits per heavy atom. The Labute approximate surface area is 515 Å². The average molecular weight is 1130 g/mol. The molecule has 3 nitrogen and oxygen atoms in total. The van der Waals surface area contributed by atoms with Gasteiger partial charge >= 0.3 is 0 Å². The molecule has 1 unspecified atom stereocenters. The second-order valence-corrected chi connectivity index (χ2v) is 29.2. The molecule has 5 aliphatic rings. The van der Waals surface area contributed by atoms with Gasteiger partial charge in [-0.3, -0.25) is 0 Å². The minimum atomic E-state index is -0.713. The van der Waals surface area contributed by atoms with Gasteiger partial charge in [-0.15, -0.1) is 0 Å². The summed E-state index contributed by atoms with van der Waals surface area (Å²) in [6.45, 7) is 28.0. The summed E-state index contributed by atoms with van der Waals surface area (Å²) in [5.74, 6) is 3.48. The molecule has 3 aliphatic carbocycles. The molecule has 0 aromatic heterocycles. The number of ether oxygens (including phenoxy) is 2. The van der Waals surface area contributed by atoms with E-state index in [-0.39, 0.29) is 27.6 Å². The molecule has 10 aromatic rings. The van der Waals surface area contributed by atoms with Crippen LogP contribution < -0.4 is 14.4 Å². The van der Waals surface area contributed by atoms with E-state index < -0.39 is 10.8 Å². The zero-order chi connectivity index (χ0) is 60.2. The first kappa shape index (κ1) is 54.7. The first-order valence-corrected chi connectivity index (χ1v) is 31.4. The van der Waals surface area contributed by atoms with Crippen molar-refractivity contribution < 1.29 is 9.47 Å². The van der Waals surface area contributed by atoms with Gasteiger partial charge in [-0.1, -0.05) is 259 Å². The first-order chi connectivity index (χ1) is 41.6. The number of fused-ring (bicyclic) bond motifs is 18. The Bertz CT molecular complexity index is 4410. The van der Waals surface area contributed by atoms with E-state index in [1.54, 1.807) is 0 Å². The summed E-state index contributed by atoms with van der Waals surface area (Å²) in [4.78, 5) is 2.59. The van der Waals surface area contributed by atoms with E-state index in [2.05, 4.69) is 319 Å². The molecule has 2 aliphatic heterocycles. The van der Waals surface area contributed by atoms with E-state index in [1.807, 2.05) is 0 Å². The van der Waals surface area contributed by atoms with E-state index in [9.17, 15) is 0 Å². The van der Waals surface area contributed by atoms with Gasteiger partial charge < -0.3 is 14.4 Å². The zero-order valence-corrected chi connectivity index (χ0v) is 52.5. The van der Waals surface area contributed by atoms with Crippen LogP contribution in [0.15, 0.2) is 236 Å². The number of hydrogen-bond acceptors (Lipinski definition) is 3. The molecule has 0 bridgehead atoms. The molecule has 0 saturated heterocycles. The maximum atomic E-state index is 7.23. The molecular formula is C84H77NO2. The smallest absolute Gasteiger partial charge is 0.132 e. The number of para-hydroxylation sites is 3. The molecule has 2 heterocycles. The van der Waals surface area contributed by atoms with Crippen LogP contribution in [0.25, 0.3) is 33.4 Å². The molecule has 0 N–H and O–H groups in total. The summed E-state index contributed by atoms with van der Waals surface area (Å²) < 4.78 is 14.4. The molecular weight excluding hydrogens is 1050 g/mol. The fourth-order valence-corrected chi connectivity index (χ4v) is 15.2. The van der Waals surface area contributed by atoms with Crippen LogP contribution in [-0.4, -0.2) is 0 Å². The van der Waals surface area contributed by atoms with Crippen molar-refractivity contribution >= 4 is 11.4 Å². The fourth-order valence-electron chi connectivity index (χ4n) is 15.2. The fraction of sp³-hybridized carbons (Fsp3) is 0.238. The van der Waals surface area contributed by atoms with Crippen LogP contribution in [0.1, 0.15) is 168 Å². The van der Waals surface area contributed by atoms with Gasteiger partial charge in [0.1, 0.15) is 23.0 Å². The first-order valence-electron chi connectivity index (χ1n) is 31.4. The quantitative estimate of drug-likeness (QED) is 0.171. The molecule has 0 saturated carbocycles. The molecule has 1 atom stereocenters. The van der Waals surface area contributed by atoms with E-state index in [4.69, 9.17) is 9.47 Å². The molecule has 0 fully saturated rings. The molecule has 87 heavy (non-hydrogen) atoms. The molecule has 3 heteroatoms. The highest BCUT2D eigenvalue weighted by Gasteiger charge is 2.54. The second kappa shape index (κ2) is 19.3.